The number of likely N-dealkylation sites (tertiary alicyclic amines) is 1. The number of amides is 1. The molecule has 0 spiro atoms. The number of ether oxygens (including phenoxy) is 1. The molecule has 2 saturated heterocycles. The molecule has 5 nitrogen and oxygen atoms in total. The third-order valence-corrected chi connectivity index (χ3v) is 6.79. The van der Waals surface area contributed by atoms with Crippen molar-refractivity contribution in [3.8, 4) is 5.88 Å². The largest absolute Gasteiger partial charge is 0.474 e. The van der Waals surface area contributed by atoms with Crippen LogP contribution in [-0.2, 0) is 11.8 Å². The number of thioether (sulfide) groups is 1. The lowest BCUT2D eigenvalue weighted by Gasteiger charge is -2.36. The molecule has 2 fully saturated rings. The molecule has 1 aromatic carbocycles. The highest BCUT2D eigenvalue weighted by atomic mass is 32.2. The Balaban J connectivity index is 1.30. The summed E-state index contributed by atoms with van der Waals surface area (Å²) in [5, 5.41) is 10.4. The van der Waals surface area contributed by atoms with Crippen LogP contribution in [0.5, 0.6) is 5.88 Å². The van der Waals surface area contributed by atoms with Gasteiger partial charge in [0, 0.05) is 55.3 Å². The third-order valence-electron chi connectivity index (χ3n) is 5.43. The van der Waals surface area contributed by atoms with Crippen molar-refractivity contribution in [3.05, 3.63) is 59.3 Å². The van der Waals surface area contributed by atoms with Gasteiger partial charge in [-0.15, -0.1) is 0 Å². The first-order valence-corrected chi connectivity index (χ1v) is 10.8. The summed E-state index contributed by atoms with van der Waals surface area (Å²) in [7, 11) is 0. The van der Waals surface area contributed by atoms with E-state index in [1.165, 1.54) is 6.07 Å². The summed E-state index contributed by atoms with van der Waals surface area (Å²) in [6.07, 6.45) is -2.72. The number of carbonyl (C=O) groups excluding carboxylic acids is 1. The fourth-order valence-corrected chi connectivity index (χ4v) is 4.46. The van der Waals surface area contributed by atoms with Gasteiger partial charge >= 0.3 is 6.18 Å². The molecule has 0 radical (unpaired) electrons. The molecule has 4 rings (SSSR count). The number of alkyl halides is 3. The summed E-state index contributed by atoms with van der Waals surface area (Å²) in [5.41, 5.74) is -0.203. The normalized spacial score (nSPS) is 19.3. The molecule has 0 bridgehead atoms. The fraction of sp³-hybridized carbons (Fsp3) is 0.429. The number of rotatable bonds is 4. The monoisotopic (exact) mass is 438 g/mol. The molecule has 3 heterocycles. The second-order valence-corrected chi connectivity index (χ2v) is 8.58. The molecule has 1 amide bonds. The predicted octanol–water partition coefficient (Wildman–Crippen LogP) is 3.72. The first-order valence-electron chi connectivity index (χ1n) is 9.64. The quantitative estimate of drug-likeness (QED) is 0.789. The number of pyridine rings is 1. The SMILES string of the molecule is O=C(c1ccc(C2(O)CSC2)cc1)N1CCC(Oc2ccc(C(F)(F)F)cn2)CC1. The van der Waals surface area contributed by atoms with Crippen LogP contribution in [0.2, 0.25) is 0 Å². The number of aromatic nitrogens is 1. The van der Waals surface area contributed by atoms with Crippen LogP contribution in [0.1, 0.15) is 34.3 Å². The van der Waals surface area contributed by atoms with E-state index in [9.17, 15) is 23.1 Å². The van der Waals surface area contributed by atoms with Gasteiger partial charge in [-0.25, -0.2) is 4.98 Å². The average molecular weight is 438 g/mol. The lowest BCUT2D eigenvalue weighted by molar-refractivity contribution is -0.137. The van der Waals surface area contributed by atoms with E-state index in [-0.39, 0.29) is 17.9 Å². The zero-order chi connectivity index (χ0) is 21.4. The highest BCUT2D eigenvalue weighted by Gasteiger charge is 2.37. The van der Waals surface area contributed by atoms with Crippen LogP contribution in [0.4, 0.5) is 13.2 Å². The van der Waals surface area contributed by atoms with Gasteiger partial charge in [0.2, 0.25) is 5.88 Å². The number of halogens is 3. The molecule has 160 valence electrons. The van der Waals surface area contributed by atoms with Gasteiger partial charge in [-0.1, -0.05) is 12.1 Å². The Morgan fingerprint density at radius 3 is 2.30 bits per heavy atom. The second kappa shape index (κ2) is 8.11. The molecule has 2 aliphatic heterocycles. The predicted molar refractivity (Wildman–Crippen MR) is 106 cm³/mol. The Kier molecular flexibility index (Phi) is 5.67. The van der Waals surface area contributed by atoms with Gasteiger partial charge < -0.3 is 14.7 Å². The van der Waals surface area contributed by atoms with Gasteiger partial charge in [0.15, 0.2) is 0 Å². The Morgan fingerprint density at radius 2 is 1.80 bits per heavy atom. The van der Waals surface area contributed by atoms with Crippen LogP contribution < -0.4 is 4.74 Å². The second-order valence-electron chi connectivity index (χ2n) is 7.59. The molecular formula is C21H21F3N2O3S. The van der Waals surface area contributed by atoms with E-state index in [1.54, 1.807) is 40.9 Å². The smallest absolute Gasteiger partial charge is 0.417 e. The number of hydrogen-bond acceptors (Lipinski definition) is 5. The maximum Gasteiger partial charge on any atom is 0.417 e. The van der Waals surface area contributed by atoms with E-state index in [1.807, 2.05) is 0 Å². The number of benzene rings is 1. The zero-order valence-corrected chi connectivity index (χ0v) is 16.9. The standard InChI is InChI=1S/C21H21F3N2O3S/c22-21(23,24)16-5-6-18(25-11-16)29-17-7-9-26(10-8-17)19(27)14-1-3-15(4-2-14)20(28)12-30-13-20/h1-6,11,17,28H,7-10,12-13H2. The lowest BCUT2D eigenvalue weighted by atomic mass is 9.95. The van der Waals surface area contributed by atoms with E-state index in [4.69, 9.17) is 4.74 Å². The number of nitrogens with zero attached hydrogens (tertiary/aromatic N) is 2. The van der Waals surface area contributed by atoms with Crippen molar-refractivity contribution >= 4 is 17.7 Å². The fourth-order valence-electron chi connectivity index (χ4n) is 3.53. The Hall–Kier alpha value is -2.26. The van der Waals surface area contributed by atoms with Crippen LogP contribution in [0.25, 0.3) is 0 Å². The van der Waals surface area contributed by atoms with Crippen molar-refractivity contribution in [1.82, 2.24) is 9.88 Å². The van der Waals surface area contributed by atoms with E-state index in [2.05, 4.69) is 4.98 Å². The van der Waals surface area contributed by atoms with Gasteiger partial charge in [-0.2, -0.15) is 24.9 Å². The van der Waals surface area contributed by atoms with Gasteiger partial charge in [0.1, 0.15) is 11.7 Å². The summed E-state index contributed by atoms with van der Waals surface area (Å²) in [4.78, 5) is 18.2. The molecule has 9 heteroatoms. The molecule has 1 N–H and O–H groups in total. The minimum Gasteiger partial charge on any atom is -0.474 e. The Bertz CT molecular complexity index is 891. The van der Waals surface area contributed by atoms with Gasteiger partial charge in [-0.05, 0) is 23.8 Å². The van der Waals surface area contributed by atoms with Gasteiger partial charge in [-0.3, -0.25) is 4.79 Å². The average Bonchev–Trinajstić information content (AvgIpc) is 2.72. The van der Waals surface area contributed by atoms with Crippen molar-refractivity contribution in [2.75, 3.05) is 24.6 Å². The molecule has 2 aromatic rings. The van der Waals surface area contributed by atoms with Gasteiger partial charge in [0.05, 0.1) is 5.56 Å². The topological polar surface area (TPSA) is 62.7 Å². The zero-order valence-electron chi connectivity index (χ0n) is 16.1. The summed E-state index contributed by atoms with van der Waals surface area (Å²) >= 11 is 1.68. The summed E-state index contributed by atoms with van der Waals surface area (Å²) in [5.74, 6) is 1.40. The van der Waals surface area contributed by atoms with E-state index in [0.717, 1.165) is 17.8 Å². The number of aliphatic hydroxyl groups is 1. The van der Waals surface area contributed by atoms with Crippen molar-refractivity contribution in [2.45, 2.75) is 30.7 Å². The van der Waals surface area contributed by atoms with Gasteiger partial charge in [0.25, 0.3) is 5.91 Å². The van der Waals surface area contributed by atoms with E-state index >= 15 is 0 Å². The summed E-state index contributed by atoms with van der Waals surface area (Å²) in [6.45, 7) is 0.985. The summed E-state index contributed by atoms with van der Waals surface area (Å²) < 4.78 is 43.5. The van der Waals surface area contributed by atoms with Crippen molar-refractivity contribution in [3.63, 3.8) is 0 Å². The van der Waals surface area contributed by atoms with Crippen LogP contribution >= 0.6 is 11.8 Å². The highest BCUT2D eigenvalue weighted by molar-refractivity contribution is 8.00. The molecule has 1 aromatic heterocycles. The molecule has 2 aliphatic rings. The highest BCUT2D eigenvalue weighted by Crippen LogP contribution is 2.38. The van der Waals surface area contributed by atoms with Crippen LogP contribution in [-0.4, -0.2) is 51.6 Å². The van der Waals surface area contributed by atoms with Crippen LogP contribution in [0.3, 0.4) is 0 Å². The molecular weight excluding hydrogens is 417 g/mol. The Labute approximate surface area is 176 Å². The van der Waals surface area contributed by atoms with E-state index in [0.29, 0.717) is 43.0 Å². The maximum atomic E-state index is 12.7. The number of piperidine rings is 1. The van der Waals surface area contributed by atoms with Crippen LogP contribution in [0, 0.1) is 0 Å². The van der Waals surface area contributed by atoms with Crippen molar-refractivity contribution in [2.24, 2.45) is 0 Å². The van der Waals surface area contributed by atoms with Crippen molar-refractivity contribution in [1.29, 1.82) is 0 Å². The van der Waals surface area contributed by atoms with E-state index < -0.39 is 17.3 Å². The lowest BCUT2D eigenvalue weighted by Crippen LogP contribution is -2.42. The molecule has 0 aliphatic carbocycles. The van der Waals surface area contributed by atoms with Crippen molar-refractivity contribution < 1.29 is 27.8 Å². The minimum atomic E-state index is -4.43. The minimum absolute atomic E-state index is 0.0809. The molecule has 0 saturated carbocycles. The molecule has 0 atom stereocenters. The summed E-state index contributed by atoms with van der Waals surface area (Å²) in [6, 6.07) is 9.26. The molecule has 30 heavy (non-hydrogen) atoms. The Morgan fingerprint density at radius 1 is 1.13 bits per heavy atom. The third kappa shape index (κ3) is 4.41. The molecule has 0 unspecified atom stereocenters. The number of carbonyl (C=O) groups is 1. The maximum absolute atomic E-state index is 12.7. The first kappa shape index (κ1) is 21.0. The van der Waals surface area contributed by atoms with Crippen LogP contribution in [0.15, 0.2) is 42.6 Å². The number of hydrogen-bond donors (Lipinski definition) is 1. The first-order chi connectivity index (χ1) is 14.2.